The number of benzene rings is 3. The average molecular weight is 505 g/mol. The summed E-state index contributed by atoms with van der Waals surface area (Å²) in [4.78, 5) is 30.0. The van der Waals surface area contributed by atoms with E-state index < -0.39 is 29.6 Å². The number of carboxylic acids is 1. The van der Waals surface area contributed by atoms with Crippen LogP contribution in [0.3, 0.4) is 0 Å². The first-order valence-corrected chi connectivity index (χ1v) is 12.8. The Morgan fingerprint density at radius 1 is 0.865 bits per heavy atom. The fourth-order valence-corrected chi connectivity index (χ4v) is 5.80. The molecule has 3 aromatic rings. The van der Waals surface area contributed by atoms with E-state index >= 15 is 0 Å². The largest absolute Gasteiger partial charge is 0.480 e. The van der Waals surface area contributed by atoms with E-state index in [0.717, 1.165) is 29.5 Å². The first-order chi connectivity index (χ1) is 17.9. The third-order valence-corrected chi connectivity index (χ3v) is 7.62. The van der Waals surface area contributed by atoms with Crippen LogP contribution >= 0.6 is 0 Å². The van der Waals surface area contributed by atoms with Gasteiger partial charge < -0.3 is 14.9 Å². The van der Waals surface area contributed by atoms with Gasteiger partial charge >= 0.3 is 5.97 Å². The number of carbonyl (C=O) groups excluding carboxylic acids is 1. The van der Waals surface area contributed by atoms with Crippen LogP contribution in [0.4, 0.5) is 14.5 Å². The van der Waals surface area contributed by atoms with Crippen molar-refractivity contribution in [1.29, 1.82) is 0 Å². The molecule has 1 N–H and O–H groups in total. The topological polar surface area (TPSA) is 60.9 Å². The van der Waals surface area contributed by atoms with Gasteiger partial charge in [-0.05, 0) is 54.9 Å². The molecule has 0 spiro atoms. The zero-order valence-electron chi connectivity index (χ0n) is 20.5. The number of likely N-dealkylation sites (tertiary alicyclic amines) is 1. The Balaban J connectivity index is 1.44. The van der Waals surface area contributed by atoms with Crippen molar-refractivity contribution in [3.05, 3.63) is 101 Å². The number of halogens is 2. The maximum atomic E-state index is 14.2. The standard InChI is InChI=1S/C30H30F2N2O3/c31-24-17-22-13-7-8-15-33(26(22)19-25(24)32)23-14-16-34(27(18-23)30(36)37)29(35)28(20-9-3-1-4-10-20)21-11-5-2-6-12-21/h1-6,9-12,17,19,23,27-28H,7-8,13-16,18H2,(H,36,37)/t23-,27+/m1/s1. The first-order valence-electron chi connectivity index (χ1n) is 12.8. The summed E-state index contributed by atoms with van der Waals surface area (Å²) in [6, 6.07) is 20.1. The Hall–Kier alpha value is -3.74. The van der Waals surface area contributed by atoms with Gasteiger partial charge in [-0.15, -0.1) is 0 Å². The number of aliphatic carboxylic acids is 1. The predicted molar refractivity (Wildman–Crippen MR) is 138 cm³/mol. The lowest BCUT2D eigenvalue weighted by Gasteiger charge is -2.44. The number of piperidine rings is 1. The second-order valence-corrected chi connectivity index (χ2v) is 9.86. The maximum absolute atomic E-state index is 14.2. The molecule has 37 heavy (non-hydrogen) atoms. The molecule has 0 bridgehead atoms. The van der Waals surface area contributed by atoms with Gasteiger partial charge in [-0.3, -0.25) is 4.79 Å². The van der Waals surface area contributed by atoms with Crippen LogP contribution < -0.4 is 4.90 Å². The molecule has 5 nitrogen and oxygen atoms in total. The Kier molecular flexibility index (Phi) is 7.22. The van der Waals surface area contributed by atoms with Crippen LogP contribution in [0.25, 0.3) is 0 Å². The number of anilines is 1. The molecule has 0 radical (unpaired) electrons. The van der Waals surface area contributed by atoms with Crippen molar-refractivity contribution in [2.75, 3.05) is 18.0 Å². The van der Waals surface area contributed by atoms with Gasteiger partial charge in [-0.1, -0.05) is 60.7 Å². The third-order valence-electron chi connectivity index (χ3n) is 7.62. The Morgan fingerprint density at radius 3 is 2.11 bits per heavy atom. The quantitative estimate of drug-likeness (QED) is 0.507. The molecule has 1 fully saturated rings. The molecule has 2 aliphatic heterocycles. The van der Waals surface area contributed by atoms with E-state index in [1.54, 1.807) is 0 Å². The Bertz CT molecular complexity index is 1230. The van der Waals surface area contributed by atoms with Crippen LogP contribution in [0.1, 0.15) is 48.3 Å². The van der Waals surface area contributed by atoms with Crippen molar-refractivity contribution < 1.29 is 23.5 Å². The summed E-state index contributed by atoms with van der Waals surface area (Å²) in [7, 11) is 0. The van der Waals surface area contributed by atoms with Crippen molar-refractivity contribution in [3.63, 3.8) is 0 Å². The normalized spacial score (nSPS) is 19.9. The van der Waals surface area contributed by atoms with Crippen LogP contribution in [-0.2, 0) is 16.0 Å². The molecule has 2 atom stereocenters. The molecule has 0 aromatic heterocycles. The van der Waals surface area contributed by atoms with Gasteiger partial charge in [-0.2, -0.15) is 0 Å². The number of fused-ring (bicyclic) bond motifs is 1. The molecule has 192 valence electrons. The van der Waals surface area contributed by atoms with Crippen LogP contribution in [0, 0.1) is 11.6 Å². The van der Waals surface area contributed by atoms with E-state index in [2.05, 4.69) is 0 Å². The van der Waals surface area contributed by atoms with Gasteiger partial charge in [0.15, 0.2) is 11.6 Å². The van der Waals surface area contributed by atoms with Crippen LogP contribution in [-0.4, -0.2) is 47.1 Å². The molecule has 7 heteroatoms. The summed E-state index contributed by atoms with van der Waals surface area (Å²) in [5.41, 5.74) is 3.00. The van der Waals surface area contributed by atoms with Crippen molar-refractivity contribution in [1.82, 2.24) is 4.90 Å². The monoisotopic (exact) mass is 504 g/mol. The number of hydrogen-bond donors (Lipinski definition) is 1. The summed E-state index contributed by atoms with van der Waals surface area (Å²) in [6.07, 6.45) is 3.11. The highest BCUT2D eigenvalue weighted by molar-refractivity contribution is 5.91. The number of aryl methyl sites for hydroxylation is 1. The van der Waals surface area contributed by atoms with Gasteiger partial charge in [0.05, 0.1) is 5.92 Å². The molecule has 0 saturated carbocycles. The van der Waals surface area contributed by atoms with Crippen molar-refractivity contribution in [2.45, 2.75) is 50.1 Å². The SMILES string of the molecule is O=C(O)[C@@H]1C[C@H](N2CCCCc3cc(F)c(F)cc32)CCN1C(=O)C(c1ccccc1)c1ccccc1. The minimum Gasteiger partial charge on any atom is -0.480 e. The second kappa shape index (κ2) is 10.7. The highest BCUT2D eigenvalue weighted by Gasteiger charge is 2.41. The van der Waals surface area contributed by atoms with Gasteiger partial charge in [0.25, 0.3) is 0 Å². The number of rotatable bonds is 5. The smallest absolute Gasteiger partial charge is 0.326 e. The lowest BCUT2D eigenvalue weighted by molar-refractivity contribution is -0.152. The van der Waals surface area contributed by atoms with Crippen molar-refractivity contribution >= 4 is 17.6 Å². The molecule has 2 aliphatic rings. The average Bonchev–Trinajstić information content (AvgIpc) is 3.12. The number of nitrogens with zero attached hydrogens (tertiary/aromatic N) is 2. The number of carbonyl (C=O) groups is 2. The zero-order chi connectivity index (χ0) is 25.9. The number of hydrogen-bond acceptors (Lipinski definition) is 3. The fraction of sp³-hybridized carbons (Fsp3) is 0.333. The molecule has 3 aromatic carbocycles. The minimum absolute atomic E-state index is 0.196. The van der Waals surface area contributed by atoms with Gasteiger partial charge in [0.2, 0.25) is 5.91 Å². The molecule has 1 saturated heterocycles. The summed E-state index contributed by atoms with van der Waals surface area (Å²) in [5, 5.41) is 10.2. The summed E-state index contributed by atoms with van der Waals surface area (Å²) < 4.78 is 28.2. The molecule has 0 aliphatic carbocycles. The van der Waals surface area contributed by atoms with E-state index in [0.29, 0.717) is 25.1 Å². The van der Waals surface area contributed by atoms with Crippen LogP contribution in [0.15, 0.2) is 72.8 Å². The van der Waals surface area contributed by atoms with E-state index in [4.69, 9.17) is 0 Å². The van der Waals surface area contributed by atoms with Gasteiger partial charge in [0, 0.05) is 30.9 Å². The minimum atomic E-state index is -1.06. The maximum Gasteiger partial charge on any atom is 0.326 e. The van der Waals surface area contributed by atoms with Gasteiger partial charge in [-0.25, -0.2) is 13.6 Å². The van der Waals surface area contributed by atoms with E-state index in [-0.39, 0.29) is 24.9 Å². The highest BCUT2D eigenvalue weighted by atomic mass is 19.2. The van der Waals surface area contributed by atoms with Crippen molar-refractivity contribution in [2.24, 2.45) is 0 Å². The zero-order valence-corrected chi connectivity index (χ0v) is 20.5. The van der Waals surface area contributed by atoms with Crippen LogP contribution in [0.2, 0.25) is 0 Å². The molecular formula is C30H30F2N2O3. The third kappa shape index (κ3) is 5.08. The molecular weight excluding hydrogens is 474 g/mol. The molecule has 1 amide bonds. The molecule has 2 heterocycles. The lowest BCUT2D eigenvalue weighted by atomic mass is 9.87. The van der Waals surface area contributed by atoms with Crippen molar-refractivity contribution in [3.8, 4) is 0 Å². The Morgan fingerprint density at radius 2 is 1.49 bits per heavy atom. The lowest BCUT2D eigenvalue weighted by Crippen LogP contribution is -2.56. The summed E-state index contributed by atoms with van der Waals surface area (Å²) >= 11 is 0. The van der Waals surface area contributed by atoms with Crippen LogP contribution in [0.5, 0.6) is 0 Å². The summed E-state index contributed by atoms with van der Waals surface area (Å²) in [6.45, 7) is 0.909. The molecule has 5 rings (SSSR count). The Labute approximate surface area is 215 Å². The second-order valence-electron chi connectivity index (χ2n) is 9.86. The van der Waals surface area contributed by atoms with Gasteiger partial charge in [0.1, 0.15) is 6.04 Å². The molecule has 0 unspecified atom stereocenters. The number of carboxylic acid groups (broad SMARTS) is 1. The predicted octanol–water partition coefficient (Wildman–Crippen LogP) is 5.38. The van der Waals surface area contributed by atoms with E-state index in [1.165, 1.54) is 17.0 Å². The van der Waals surface area contributed by atoms with E-state index in [9.17, 15) is 23.5 Å². The number of amides is 1. The fourth-order valence-electron chi connectivity index (χ4n) is 5.80. The first kappa shape index (κ1) is 24.9. The van der Waals surface area contributed by atoms with E-state index in [1.807, 2.05) is 65.6 Å². The highest BCUT2D eigenvalue weighted by Crippen LogP contribution is 2.36. The summed E-state index contributed by atoms with van der Waals surface area (Å²) in [5.74, 6) is -3.68.